The summed E-state index contributed by atoms with van der Waals surface area (Å²) < 4.78 is 0. The zero-order valence-electron chi connectivity index (χ0n) is 14.3. The third-order valence-electron chi connectivity index (χ3n) is 4.41. The first-order valence-electron chi connectivity index (χ1n) is 8.21. The maximum Gasteiger partial charge on any atom is 0.255 e. The van der Waals surface area contributed by atoms with Crippen molar-refractivity contribution < 1.29 is 4.79 Å². The number of carbonyl (C=O) groups is 1. The summed E-state index contributed by atoms with van der Waals surface area (Å²) in [6.45, 7) is 2.75. The molecule has 0 bridgehead atoms. The van der Waals surface area contributed by atoms with Gasteiger partial charge >= 0.3 is 0 Å². The van der Waals surface area contributed by atoms with Crippen LogP contribution in [0.25, 0.3) is 0 Å². The summed E-state index contributed by atoms with van der Waals surface area (Å²) in [4.78, 5) is 14.5. The molecular weight excluding hydrogens is 371 g/mol. The zero-order valence-corrected chi connectivity index (χ0v) is 15.8. The summed E-state index contributed by atoms with van der Waals surface area (Å²) in [6, 6.07) is 14.6. The highest BCUT2D eigenvalue weighted by molar-refractivity contribution is 6.43. The Kier molecular flexibility index (Phi) is 5.41. The number of hydrogen-bond donors (Lipinski definition) is 2. The molecule has 0 aliphatic carbocycles. The minimum Gasteiger partial charge on any atom is -0.399 e. The summed E-state index contributed by atoms with van der Waals surface area (Å²) in [7, 11) is 0. The van der Waals surface area contributed by atoms with Crippen molar-refractivity contribution in [3.05, 3.63) is 75.5 Å². The Morgan fingerprint density at radius 2 is 1.85 bits per heavy atom. The molecule has 1 aliphatic rings. The molecule has 26 heavy (non-hydrogen) atoms. The van der Waals surface area contributed by atoms with Crippen molar-refractivity contribution in [3.8, 4) is 0 Å². The molecule has 3 rings (SSSR count). The highest BCUT2D eigenvalue weighted by Crippen LogP contribution is 2.30. The molecule has 4 N–H and O–H groups in total. The van der Waals surface area contributed by atoms with Crippen LogP contribution in [0.2, 0.25) is 10.0 Å². The fraction of sp³-hybridized carbons (Fsp3) is 0.211. The molecule has 0 aromatic heterocycles. The Balaban J connectivity index is 1.86. The lowest BCUT2D eigenvalue weighted by Gasteiger charge is -2.37. The van der Waals surface area contributed by atoms with Gasteiger partial charge in [0.1, 0.15) is 0 Å². The normalized spacial score (nSPS) is 17.4. The average molecular weight is 391 g/mol. The minimum absolute atomic E-state index is 0.0316. The van der Waals surface area contributed by atoms with Crippen LogP contribution in [-0.4, -0.2) is 23.9 Å². The van der Waals surface area contributed by atoms with Gasteiger partial charge in [0, 0.05) is 18.2 Å². The third-order valence-corrected chi connectivity index (χ3v) is 5.23. The van der Waals surface area contributed by atoms with Crippen LogP contribution in [0.4, 0.5) is 5.69 Å². The summed E-state index contributed by atoms with van der Waals surface area (Å²) in [5.41, 5.74) is 8.87. The Hall–Kier alpha value is -2.21. The molecule has 5 nitrogen and oxygen atoms in total. The second kappa shape index (κ2) is 7.58. The number of hydrazine groups is 1. The number of halogens is 2. The van der Waals surface area contributed by atoms with E-state index in [1.807, 2.05) is 37.3 Å². The van der Waals surface area contributed by atoms with Crippen LogP contribution < -0.4 is 16.6 Å². The highest BCUT2D eigenvalue weighted by atomic mass is 35.5. The smallest absolute Gasteiger partial charge is 0.255 e. The predicted molar refractivity (Wildman–Crippen MR) is 106 cm³/mol. The van der Waals surface area contributed by atoms with E-state index < -0.39 is 0 Å². The zero-order chi connectivity index (χ0) is 18.8. The van der Waals surface area contributed by atoms with Crippen LogP contribution in [0.5, 0.6) is 0 Å². The van der Waals surface area contributed by atoms with E-state index in [-0.39, 0.29) is 23.4 Å². The third kappa shape index (κ3) is 3.51. The number of para-hydroxylation sites is 1. The largest absolute Gasteiger partial charge is 0.399 e. The molecule has 1 aliphatic heterocycles. The summed E-state index contributed by atoms with van der Waals surface area (Å²) in [5, 5.41) is 2.20. The fourth-order valence-electron chi connectivity index (χ4n) is 3.20. The maximum absolute atomic E-state index is 12.9. The first-order chi connectivity index (χ1) is 12.4. The molecule has 2 aromatic carbocycles. The summed E-state index contributed by atoms with van der Waals surface area (Å²) in [6.07, 6.45) is 0. The molecule has 0 spiro atoms. The van der Waals surface area contributed by atoms with E-state index in [9.17, 15) is 4.79 Å². The number of rotatable bonds is 3. The topological polar surface area (TPSA) is 75.6 Å². The number of amides is 1. The number of anilines is 1. The number of nitrogens with two attached hydrogens (primary N) is 2. The molecule has 1 heterocycles. The molecule has 136 valence electrons. The van der Waals surface area contributed by atoms with Gasteiger partial charge in [-0.2, -0.15) is 0 Å². The van der Waals surface area contributed by atoms with E-state index >= 15 is 0 Å². The maximum atomic E-state index is 12.9. The van der Waals surface area contributed by atoms with Crippen LogP contribution in [0.15, 0.2) is 59.9 Å². The quantitative estimate of drug-likeness (QED) is 0.619. The molecule has 0 radical (unpaired) electrons. The molecule has 0 saturated carbocycles. The average Bonchev–Trinajstić information content (AvgIpc) is 2.63. The van der Waals surface area contributed by atoms with Crippen molar-refractivity contribution in [2.24, 2.45) is 17.5 Å². The van der Waals surface area contributed by atoms with Crippen molar-refractivity contribution in [2.75, 3.05) is 18.1 Å². The fourth-order valence-corrected chi connectivity index (χ4v) is 3.58. The summed E-state index contributed by atoms with van der Waals surface area (Å²) in [5.74, 6) is 6.05. The lowest BCUT2D eigenvalue weighted by molar-refractivity contribution is 0.0741. The number of carbonyl (C=O) groups excluding carboxylic acids is 1. The monoisotopic (exact) mass is 390 g/mol. The lowest BCUT2D eigenvalue weighted by Crippen LogP contribution is -2.47. The van der Waals surface area contributed by atoms with Crippen LogP contribution in [0.3, 0.4) is 0 Å². The molecule has 0 fully saturated rings. The summed E-state index contributed by atoms with van der Waals surface area (Å²) >= 11 is 12.2. The van der Waals surface area contributed by atoms with E-state index in [4.69, 9.17) is 34.8 Å². The van der Waals surface area contributed by atoms with Crippen LogP contribution in [0, 0.1) is 5.92 Å². The Labute approximate surface area is 162 Å². The van der Waals surface area contributed by atoms with Crippen LogP contribution >= 0.6 is 23.2 Å². The molecule has 1 unspecified atom stereocenters. The van der Waals surface area contributed by atoms with Crippen molar-refractivity contribution in [2.45, 2.75) is 6.92 Å². The number of benzene rings is 2. The van der Waals surface area contributed by atoms with E-state index in [2.05, 4.69) is 0 Å². The van der Waals surface area contributed by atoms with Gasteiger partial charge in [-0.3, -0.25) is 9.80 Å². The van der Waals surface area contributed by atoms with E-state index in [1.165, 1.54) is 0 Å². The molecule has 1 atom stereocenters. The van der Waals surface area contributed by atoms with Gasteiger partial charge in [0.05, 0.1) is 33.5 Å². The Morgan fingerprint density at radius 3 is 2.50 bits per heavy atom. The lowest BCUT2D eigenvalue weighted by atomic mass is 9.99. The van der Waals surface area contributed by atoms with E-state index in [0.717, 1.165) is 11.4 Å². The van der Waals surface area contributed by atoms with Gasteiger partial charge in [0.2, 0.25) is 0 Å². The van der Waals surface area contributed by atoms with Crippen LogP contribution in [-0.2, 0) is 0 Å². The SMILES string of the molecule is CC1CN(C(=O)c2cccc(Cl)c2Cl)CC(N)=C1N(N)c1ccccc1. The van der Waals surface area contributed by atoms with Gasteiger partial charge in [-0.1, -0.05) is 54.4 Å². The Bertz CT molecular complexity index is 854. The van der Waals surface area contributed by atoms with E-state index in [1.54, 1.807) is 28.1 Å². The van der Waals surface area contributed by atoms with Gasteiger partial charge in [0.25, 0.3) is 5.91 Å². The minimum atomic E-state index is -0.199. The number of nitrogens with zero attached hydrogens (tertiary/aromatic N) is 2. The standard InChI is InChI=1S/C19H20Cl2N4O/c1-12-10-24(19(26)14-8-5-9-15(20)17(14)21)11-16(22)18(12)25(23)13-6-3-2-4-7-13/h2-9,12H,10-11,22-23H2,1H3. The second-order valence-corrected chi connectivity index (χ2v) is 7.09. The Morgan fingerprint density at radius 1 is 1.15 bits per heavy atom. The van der Waals surface area contributed by atoms with Crippen molar-refractivity contribution >= 4 is 34.8 Å². The molecule has 1 amide bonds. The molecule has 2 aromatic rings. The predicted octanol–water partition coefficient (Wildman–Crippen LogP) is 3.64. The van der Waals surface area contributed by atoms with Gasteiger partial charge in [-0.05, 0) is 24.3 Å². The highest BCUT2D eigenvalue weighted by Gasteiger charge is 2.31. The van der Waals surface area contributed by atoms with Crippen molar-refractivity contribution in [3.63, 3.8) is 0 Å². The first-order valence-corrected chi connectivity index (χ1v) is 8.97. The molecule has 0 saturated heterocycles. The van der Waals surface area contributed by atoms with Gasteiger partial charge in [0.15, 0.2) is 0 Å². The van der Waals surface area contributed by atoms with Crippen molar-refractivity contribution in [1.82, 2.24) is 4.90 Å². The van der Waals surface area contributed by atoms with Gasteiger partial charge in [-0.15, -0.1) is 0 Å². The van der Waals surface area contributed by atoms with Gasteiger partial charge < -0.3 is 10.6 Å². The van der Waals surface area contributed by atoms with Gasteiger partial charge in [-0.25, -0.2) is 5.84 Å². The second-order valence-electron chi connectivity index (χ2n) is 6.30. The van der Waals surface area contributed by atoms with E-state index in [0.29, 0.717) is 22.8 Å². The number of hydrogen-bond acceptors (Lipinski definition) is 4. The van der Waals surface area contributed by atoms with Crippen molar-refractivity contribution in [1.29, 1.82) is 0 Å². The van der Waals surface area contributed by atoms with Crippen LogP contribution in [0.1, 0.15) is 17.3 Å². The molecular formula is C19H20Cl2N4O. The first kappa shape index (κ1) is 18.6. The molecule has 7 heteroatoms.